The van der Waals surface area contributed by atoms with Gasteiger partial charge in [0.05, 0.1) is 5.56 Å². The molecule has 0 spiro atoms. The van der Waals surface area contributed by atoms with Gasteiger partial charge in [-0.3, -0.25) is 0 Å². The Morgan fingerprint density at radius 3 is 1.90 bits per heavy atom. The molecule has 0 radical (unpaired) electrons. The summed E-state index contributed by atoms with van der Waals surface area (Å²) in [5, 5.41) is 10.5. The van der Waals surface area contributed by atoms with E-state index in [0.717, 1.165) is 17.7 Å². The van der Waals surface area contributed by atoms with Gasteiger partial charge in [0.25, 0.3) is 0 Å². The quantitative estimate of drug-likeness (QED) is 0.814. The minimum absolute atomic E-state index is 0.0665. The molecule has 21 heavy (non-hydrogen) atoms. The summed E-state index contributed by atoms with van der Waals surface area (Å²) in [4.78, 5) is 0. The first-order valence-electron chi connectivity index (χ1n) is 6.29. The maximum Gasteiger partial charge on any atom is 0.419 e. The van der Waals surface area contributed by atoms with Crippen LogP contribution in [0.1, 0.15) is 29.2 Å². The van der Waals surface area contributed by atoms with Gasteiger partial charge in [-0.15, -0.1) is 0 Å². The highest BCUT2D eigenvalue weighted by molar-refractivity contribution is 5.38. The normalized spacial score (nSPS) is 14.8. The third-order valence-electron chi connectivity index (χ3n) is 3.45. The molecule has 0 saturated heterocycles. The fourth-order valence-electron chi connectivity index (χ4n) is 2.09. The van der Waals surface area contributed by atoms with E-state index >= 15 is 0 Å². The fraction of sp³-hybridized carbons (Fsp3) is 0.250. The zero-order chi connectivity index (χ0) is 15.8. The maximum absolute atomic E-state index is 13.6. The van der Waals surface area contributed by atoms with E-state index in [4.69, 9.17) is 0 Å². The molecule has 0 aromatic heterocycles. The monoisotopic (exact) mass is 298 g/mol. The van der Waals surface area contributed by atoms with Crippen molar-refractivity contribution in [2.75, 3.05) is 0 Å². The van der Waals surface area contributed by atoms with Crippen LogP contribution in [0.15, 0.2) is 42.5 Å². The van der Waals surface area contributed by atoms with Crippen molar-refractivity contribution in [3.8, 4) is 0 Å². The molecule has 1 atom stereocenters. The number of hydrogen-bond acceptors (Lipinski definition) is 1. The minimum Gasteiger partial charge on any atom is -0.381 e. The molecule has 0 heterocycles. The summed E-state index contributed by atoms with van der Waals surface area (Å²) in [7, 11) is 0. The third kappa shape index (κ3) is 3.08. The molecule has 1 N–H and O–H groups in total. The van der Waals surface area contributed by atoms with Crippen molar-refractivity contribution in [1.29, 1.82) is 0 Å². The molecule has 0 saturated carbocycles. The van der Waals surface area contributed by atoms with Crippen LogP contribution in [0, 0.1) is 12.7 Å². The second-order valence-electron chi connectivity index (χ2n) is 5.13. The lowest BCUT2D eigenvalue weighted by atomic mass is 9.87. The summed E-state index contributed by atoms with van der Waals surface area (Å²) >= 11 is 0. The van der Waals surface area contributed by atoms with Crippen molar-refractivity contribution in [2.45, 2.75) is 25.6 Å². The zero-order valence-electron chi connectivity index (χ0n) is 11.5. The first-order chi connectivity index (χ1) is 9.62. The number of aliphatic hydroxyl groups is 1. The van der Waals surface area contributed by atoms with Crippen molar-refractivity contribution in [1.82, 2.24) is 0 Å². The molecule has 2 aromatic carbocycles. The van der Waals surface area contributed by atoms with Crippen LogP contribution in [0.5, 0.6) is 0 Å². The van der Waals surface area contributed by atoms with Gasteiger partial charge in [0, 0.05) is 0 Å². The van der Waals surface area contributed by atoms with Crippen LogP contribution in [-0.2, 0) is 11.8 Å². The van der Waals surface area contributed by atoms with Gasteiger partial charge in [-0.05, 0) is 37.1 Å². The highest BCUT2D eigenvalue weighted by Gasteiger charge is 2.35. The van der Waals surface area contributed by atoms with Crippen LogP contribution in [0.3, 0.4) is 0 Å². The number of alkyl halides is 3. The van der Waals surface area contributed by atoms with E-state index in [1.807, 2.05) is 6.92 Å². The first kappa shape index (κ1) is 15.5. The molecule has 0 aliphatic heterocycles. The van der Waals surface area contributed by atoms with Gasteiger partial charge < -0.3 is 5.11 Å². The van der Waals surface area contributed by atoms with E-state index in [1.165, 1.54) is 6.92 Å². The smallest absolute Gasteiger partial charge is 0.381 e. The second-order valence-corrected chi connectivity index (χ2v) is 5.13. The Kier molecular flexibility index (Phi) is 3.80. The van der Waals surface area contributed by atoms with E-state index < -0.39 is 23.2 Å². The predicted octanol–water partition coefficient (Wildman–Crippen LogP) is 4.41. The maximum atomic E-state index is 13.6. The lowest BCUT2D eigenvalue weighted by Gasteiger charge is -2.25. The standard InChI is InChI=1S/C16H14F4O/c1-10-3-5-11(6-4-10)15(2,21)12-7-8-13(14(17)9-12)16(18,19)20/h3-9,21H,1-2H3. The molecular formula is C16H14F4O. The third-order valence-corrected chi connectivity index (χ3v) is 3.45. The van der Waals surface area contributed by atoms with E-state index in [-0.39, 0.29) is 5.56 Å². The number of aryl methyl sites for hydroxylation is 1. The van der Waals surface area contributed by atoms with Gasteiger partial charge in [0.15, 0.2) is 0 Å². The molecular weight excluding hydrogens is 284 g/mol. The van der Waals surface area contributed by atoms with E-state index in [0.29, 0.717) is 11.6 Å². The average molecular weight is 298 g/mol. The Labute approximate surface area is 119 Å². The Morgan fingerprint density at radius 1 is 0.905 bits per heavy atom. The summed E-state index contributed by atoms with van der Waals surface area (Å²) in [6.07, 6.45) is -4.75. The van der Waals surface area contributed by atoms with Crippen molar-refractivity contribution < 1.29 is 22.7 Å². The van der Waals surface area contributed by atoms with Gasteiger partial charge in [-0.2, -0.15) is 13.2 Å². The Balaban J connectivity index is 2.46. The van der Waals surface area contributed by atoms with Crippen molar-refractivity contribution >= 4 is 0 Å². The van der Waals surface area contributed by atoms with E-state index in [9.17, 15) is 22.7 Å². The highest BCUT2D eigenvalue weighted by atomic mass is 19.4. The van der Waals surface area contributed by atoms with Gasteiger partial charge >= 0.3 is 6.18 Å². The molecule has 0 aliphatic rings. The van der Waals surface area contributed by atoms with Crippen LogP contribution in [0.4, 0.5) is 17.6 Å². The molecule has 1 unspecified atom stereocenters. The Hall–Kier alpha value is -1.88. The van der Waals surface area contributed by atoms with Gasteiger partial charge in [0.2, 0.25) is 0 Å². The number of rotatable bonds is 2. The Bertz CT molecular complexity index is 642. The van der Waals surface area contributed by atoms with Crippen molar-refractivity contribution in [2.24, 2.45) is 0 Å². The van der Waals surface area contributed by atoms with Gasteiger partial charge in [-0.1, -0.05) is 35.9 Å². The molecule has 2 rings (SSSR count). The summed E-state index contributed by atoms with van der Waals surface area (Å²) in [6.45, 7) is 3.29. The van der Waals surface area contributed by atoms with Crippen LogP contribution in [0.2, 0.25) is 0 Å². The second kappa shape index (κ2) is 5.15. The number of halogens is 4. The topological polar surface area (TPSA) is 20.2 Å². The van der Waals surface area contributed by atoms with Crippen LogP contribution in [0.25, 0.3) is 0 Å². The molecule has 5 heteroatoms. The first-order valence-corrected chi connectivity index (χ1v) is 6.29. The lowest BCUT2D eigenvalue weighted by molar-refractivity contribution is -0.140. The van der Waals surface area contributed by atoms with E-state index in [1.54, 1.807) is 24.3 Å². The minimum atomic E-state index is -4.75. The van der Waals surface area contributed by atoms with Gasteiger partial charge in [-0.25, -0.2) is 4.39 Å². The lowest BCUT2D eigenvalue weighted by Crippen LogP contribution is -2.23. The van der Waals surface area contributed by atoms with Gasteiger partial charge in [0.1, 0.15) is 11.4 Å². The summed E-state index contributed by atoms with van der Waals surface area (Å²) in [6, 6.07) is 9.31. The predicted molar refractivity (Wildman–Crippen MR) is 71.3 cm³/mol. The highest BCUT2D eigenvalue weighted by Crippen LogP contribution is 2.35. The summed E-state index contributed by atoms with van der Waals surface area (Å²) < 4.78 is 51.3. The average Bonchev–Trinajstić information content (AvgIpc) is 2.37. The molecule has 0 fully saturated rings. The molecule has 0 bridgehead atoms. The van der Waals surface area contributed by atoms with Crippen LogP contribution >= 0.6 is 0 Å². The van der Waals surface area contributed by atoms with Crippen molar-refractivity contribution in [3.05, 3.63) is 70.5 Å². The molecule has 112 valence electrons. The van der Waals surface area contributed by atoms with Crippen molar-refractivity contribution in [3.63, 3.8) is 0 Å². The number of benzene rings is 2. The summed E-state index contributed by atoms with van der Waals surface area (Å²) in [5.41, 5.74) is -1.39. The SMILES string of the molecule is Cc1ccc(C(C)(O)c2ccc(C(F)(F)F)c(F)c2)cc1. The largest absolute Gasteiger partial charge is 0.419 e. The van der Waals surface area contributed by atoms with Crippen LogP contribution in [-0.4, -0.2) is 5.11 Å². The summed E-state index contributed by atoms with van der Waals surface area (Å²) in [5.74, 6) is -1.40. The van der Waals surface area contributed by atoms with Crippen LogP contribution < -0.4 is 0 Å². The molecule has 0 amide bonds. The molecule has 0 aliphatic carbocycles. The zero-order valence-corrected chi connectivity index (χ0v) is 11.5. The molecule has 2 aromatic rings. The van der Waals surface area contributed by atoms with E-state index in [2.05, 4.69) is 0 Å². The Morgan fingerprint density at radius 2 is 1.43 bits per heavy atom. The fourth-order valence-corrected chi connectivity index (χ4v) is 2.09. The molecule has 1 nitrogen and oxygen atoms in total. The number of hydrogen-bond donors (Lipinski definition) is 1.